The van der Waals surface area contributed by atoms with Crippen molar-refractivity contribution in [2.24, 2.45) is 0 Å². The Kier molecular flexibility index (Phi) is 4.80. The zero-order chi connectivity index (χ0) is 17.1. The number of aromatic amines is 1. The molecular weight excluding hydrogens is 332 g/mol. The van der Waals surface area contributed by atoms with Crippen molar-refractivity contribution in [3.05, 3.63) is 59.7 Å². The van der Waals surface area contributed by atoms with Gasteiger partial charge in [0.15, 0.2) is 16.8 Å². The number of carbonyl (C=O) groups is 1. The summed E-state index contributed by atoms with van der Waals surface area (Å²) < 4.78 is 26.4. The molecule has 0 fully saturated rings. The summed E-state index contributed by atoms with van der Waals surface area (Å²) in [6.45, 7) is 1.91. The molecule has 0 aliphatic carbocycles. The number of rotatable bonds is 5. The summed E-state index contributed by atoms with van der Waals surface area (Å²) >= 11 is 1.18. The van der Waals surface area contributed by atoms with Crippen LogP contribution in [0.2, 0.25) is 0 Å². The summed E-state index contributed by atoms with van der Waals surface area (Å²) in [5.41, 5.74) is 1.74. The molecule has 0 aliphatic rings. The number of aromatic nitrogens is 2. The highest BCUT2D eigenvalue weighted by Crippen LogP contribution is 2.22. The molecule has 2 N–H and O–H groups in total. The van der Waals surface area contributed by atoms with Gasteiger partial charge < -0.3 is 10.3 Å². The van der Waals surface area contributed by atoms with Gasteiger partial charge in [-0.15, -0.1) is 0 Å². The first-order chi connectivity index (χ1) is 11.5. The monoisotopic (exact) mass is 347 g/mol. The first kappa shape index (κ1) is 16.4. The van der Waals surface area contributed by atoms with E-state index in [1.807, 2.05) is 37.3 Å². The zero-order valence-electron chi connectivity index (χ0n) is 12.8. The number of halogens is 2. The lowest BCUT2D eigenvalue weighted by Crippen LogP contribution is -2.28. The van der Waals surface area contributed by atoms with Crippen LogP contribution in [0.5, 0.6) is 0 Å². The van der Waals surface area contributed by atoms with Crippen LogP contribution in [0, 0.1) is 11.6 Å². The number of hydrogen-bond acceptors (Lipinski definition) is 3. The highest BCUT2D eigenvalue weighted by molar-refractivity contribution is 7.99. The molecule has 1 amide bonds. The van der Waals surface area contributed by atoms with Gasteiger partial charge >= 0.3 is 0 Å². The standard InChI is InChI=1S/C17H15F2N3OS/c1-10(11-5-3-2-4-6-11)20-16(23)9-24-17-21-14-7-12(18)13(19)8-15(14)22-17/h2-8,10H,9H2,1H3,(H,20,23)(H,21,22)/t10-/m0/s1. The minimum atomic E-state index is -0.944. The van der Waals surface area contributed by atoms with E-state index in [9.17, 15) is 13.6 Å². The van der Waals surface area contributed by atoms with Gasteiger partial charge in [-0.05, 0) is 12.5 Å². The second-order valence-electron chi connectivity index (χ2n) is 5.31. The number of nitrogens with one attached hydrogen (secondary N) is 2. The lowest BCUT2D eigenvalue weighted by atomic mass is 10.1. The average molecular weight is 347 g/mol. The van der Waals surface area contributed by atoms with Gasteiger partial charge in [0.1, 0.15) is 0 Å². The van der Waals surface area contributed by atoms with Crippen molar-refractivity contribution in [3.8, 4) is 0 Å². The second-order valence-corrected chi connectivity index (χ2v) is 6.28. The van der Waals surface area contributed by atoms with Crippen LogP contribution in [-0.2, 0) is 4.79 Å². The number of H-pyrrole nitrogens is 1. The topological polar surface area (TPSA) is 57.8 Å². The van der Waals surface area contributed by atoms with Crippen molar-refractivity contribution in [2.75, 3.05) is 5.75 Å². The third-order valence-corrected chi connectivity index (χ3v) is 4.39. The normalized spacial score (nSPS) is 12.3. The molecule has 3 aromatic rings. The molecule has 1 atom stereocenters. The van der Waals surface area contributed by atoms with Gasteiger partial charge in [0, 0.05) is 12.1 Å². The molecule has 4 nitrogen and oxygen atoms in total. The molecule has 3 rings (SSSR count). The first-order valence-corrected chi connectivity index (χ1v) is 8.33. The lowest BCUT2D eigenvalue weighted by Gasteiger charge is -2.13. The number of benzene rings is 2. The summed E-state index contributed by atoms with van der Waals surface area (Å²) in [4.78, 5) is 19.0. The smallest absolute Gasteiger partial charge is 0.230 e. The van der Waals surface area contributed by atoms with E-state index >= 15 is 0 Å². The molecule has 0 aliphatic heterocycles. The fraction of sp³-hybridized carbons (Fsp3) is 0.176. The molecule has 124 valence electrons. The lowest BCUT2D eigenvalue weighted by molar-refractivity contribution is -0.119. The Labute approximate surface area is 141 Å². The van der Waals surface area contributed by atoms with E-state index in [2.05, 4.69) is 15.3 Å². The maximum Gasteiger partial charge on any atom is 0.230 e. The Bertz CT molecular complexity index is 828. The van der Waals surface area contributed by atoms with E-state index in [4.69, 9.17) is 0 Å². The molecular formula is C17H15F2N3OS. The highest BCUT2D eigenvalue weighted by Gasteiger charge is 2.12. The third kappa shape index (κ3) is 3.73. The van der Waals surface area contributed by atoms with Gasteiger partial charge in [-0.1, -0.05) is 42.1 Å². The van der Waals surface area contributed by atoms with Crippen molar-refractivity contribution in [3.63, 3.8) is 0 Å². The van der Waals surface area contributed by atoms with Gasteiger partial charge in [-0.2, -0.15) is 0 Å². The van der Waals surface area contributed by atoms with E-state index in [0.29, 0.717) is 16.2 Å². The van der Waals surface area contributed by atoms with Gasteiger partial charge in [0.2, 0.25) is 5.91 Å². The number of amides is 1. The highest BCUT2D eigenvalue weighted by atomic mass is 32.2. The third-order valence-electron chi connectivity index (χ3n) is 3.52. The van der Waals surface area contributed by atoms with Crippen molar-refractivity contribution in [1.29, 1.82) is 0 Å². The molecule has 0 spiro atoms. The van der Waals surface area contributed by atoms with Crippen LogP contribution in [0.3, 0.4) is 0 Å². The van der Waals surface area contributed by atoms with Crippen LogP contribution in [0.4, 0.5) is 8.78 Å². The van der Waals surface area contributed by atoms with Crippen molar-refractivity contribution in [1.82, 2.24) is 15.3 Å². The molecule has 2 aromatic carbocycles. The molecule has 0 unspecified atom stereocenters. The maximum atomic E-state index is 13.2. The fourth-order valence-corrected chi connectivity index (χ4v) is 2.99. The SMILES string of the molecule is C[C@H](NC(=O)CSc1nc2cc(F)c(F)cc2[nH]1)c1ccccc1. The van der Waals surface area contributed by atoms with Crippen molar-refractivity contribution >= 4 is 28.7 Å². The minimum Gasteiger partial charge on any atom is -0.349 e. The van der Waals surface area contributed by atoms with Crippen LogP contribution >= 0.6 is 11.8 Å². The Morgan fingerprint density at radius 1 is 1.25 bits per heavy atom. The summed E-state index contributed by atoms with van der Waals surface area (Å²) in [5, 5.41) is 3.34. The second kappa shape index (κ2) is 7.00. The van der Waals surface area contributed by atoms with Crippen LogP contribution in [0.25, 0.3) is 11.0 Å². The van der Waals surface area contributed by atoms with Crippen molar-refractivity contribution in [2.45, 2.75) is 18.1 Å². The largest absolute Gasteiger partial charge is 0.349 e. The predicted molar refractivity (Wildman–Crippen MR) is 89.7 cm³/mol. The summed E-state index contributed by atoms with van der Waals surface area (Å²) in [6.07, 6.45) is 0. The van der Waals surface area contributed by atoms with E-state index in [0.717, 1.165) is 17.7 Å². The number of nitrogens with zero attached hydrogens (tertiary/aromatic N) is 1. The van der Waals surface area contributed by atoms with Crippen LogP contribution < -0.4 is 5.32 Å². The molecule has 1 aromatic heterocycles. The van der Waals surface area contributed by atoms with E-state index in [1.165, 1.54) is 11.8 Å². The molecule has 0 bridgehead atoms. The van der Waals surface area contributed by atoms with Crippen LogP contribution in [0.15, 0.2) is 47.6 Å². The van der Waals surface area contributed by atoms with Gasteiger partial charge in [-0.3, -0.25) is 4.79 Å². The van der Waals surface area contributed by atoms with Crippen molar-refractivity contribution < 1.29 is 13.6 Å². The van der Waals surface area contributed by atoms with E-state index in [-0.39, 0.29) is 17.7 Å². The number of carbonyl (C=O) groups excluding carboxylic acids is 1. The Morgan fingerprint density at radius 3 is 2.71 bits per heavy atom. The first-order valence-electron chi connectivity index (χ1n) is 7.35. The summed E-state index contributed by atoms with van der Waals surface area (Å²) in [6, 6.07) is 11.6. The summed E-state index contributed by atoms with van der Waals surface area (Å²) in [5.74, 6) is -1.87. The Balaban J connectivity index is 1.60. The number of thioether (sulfide) groups is 1. The summed E-state index contributed by atoms with van der Waals surface area (Å²) in [7, 11) is 0. The average Bonchev–Trinajstić information content (AvgIpc) is 2.96. The Morgan fingerprint density at radius 2 is 1.96 bits per heavy atom. The van der Waals surface area contributed by atoms with Gasteiger partial charge in [0.25, 0.3) is 0 Å². The van der Waals surface area contributed by atoms with Crippen LogP contribution in [0.1, 0.15) is 18.5 Å². The van der Waals surface area contributed by atoms with Gasteiger partial charge in [0.05, 0.1) is 22.8 Å². The fourth-order valence-electron chi connectivity index (χ4n) is 2.29. The number of imidazole rings is 1. The molecule has 0 saturated carbocycles. The Hall–Kier alpha value is -2.41. The number of fused-ring (bicyclic) bond motifs is 1. The molecule has 0 saturated heterocycles. The molecule has 7 heteroatoms. The van der Waals surface area contributed by atoms with Gasteiger partial charge in [-0.25, -0.2) is 13.8 Å². The molecule has 24 heavy (non-hydrogen) atoms. The molecule has 1 heterocycles. The molecule has 0 radical (unpaired) electrons. The quantitative estimate of drug-likeness (QED) is 0.690. The minimum absolute atomic E-state index is 0.0989. The number of hydrogen-bond donors (Lipinski definition) is 2. The zero-order valence-corrected chi connectivity index (χ0v) is 13.7. The predicted octanol–water partition coefficient (Wildman–Crippen LogP) is 3.81. The van der Waals surface area contributed by atoms with E-state index < -0.39 is 11.6 Å². The maximum absolute atomic E-state index is 13.2. The van der Waals surface area contributed by atoms with Crippen LogP contribution in [-0.4, -0.2) is 21.6 Å². The van der Waals surface area contributed by atoms with E-state index in [1.54, 1.807) is 0 Å².